The Balaban J connectivity index is 2.27. The summed E-state index contributed by atoms with van der Waals surface area (Å²) < 4.78 is 13.8. The van der Waals surface area contributed by atoms with Crippen molar-refractivity contribution in [2.24, 2.45) is 10.9 Å². The van der Waals surface area contributed by atoms with E-state index >= 15 is 0 Å². The molecule has 5 heteroatoms. The Hall–Kier alpha value is -0.940. The van der Waals surface area contributed by atoms with Gasteiger partial charge in [-0.3, -0.25) is 0 Å². The van der Waals surface area contributed by atoms with Gasteiger partial charge in [-0.05, 0) is 18.2 Å². The molecule has 1 unspecified atom stereocenters. The van der Waals surface area contributed by atoms with Crippen LogP contribution in [0.5, 0.6) is 0 Å². The highest BCUT2D eigenvalue weighted by molar-refractivity contribution is 9.10. The molecule has 1 atom stereocenters. The maximum atomic E-state index is 13.0. The molecule has 0 saturated carbocycles. The van der Waals surface area contributed by atoms with Crippen molar-refractivity contribution in [1.29, 1.82) is 0 Å². The molecule has 15 heavy (non-hydrogen) atoms. The largest absolute Gasteiger partial charge is 0.390 e. The quantitative estimate of drug-likeness (QED) is 0.896. The van der Waals surface area contributed by atoms with E-state index in [9.17, 15) is 4.39 Å². The van der Waals surface area contributed by atoms with Crippen LogP contribution < -0.4 is 5.73 Å². The van der Waals surface area contributed by atoms with Crippen LogP contribution in [0, 0.1) is 5.82 Å². The van der Waals surface area contributed by atoms with Crippen molar-refractivity contribution in [3.8, 4) is 0 Å². The second-order valence-electron chi connectivity index (χ2n) is 3.33. The van der Waals surface area contributed by atoms with E-state index in [1.54, 1.807) is 6.07 Å². The van der Waals surface area contributed by atoms with Crippen LogP contribution >= 0.6 is 15.9 Å². The summed E-state index contributed by atoms with van der Waals surface area (Å²) in [6, 6.07) is 4.48. The van der Waals surface area contributed by atoms with E-state index in [2.05, 4.69) is 21.1 Å². The van der Waals surface area contributed by atoms with Gasteiger partial charge in [0.2, 0.25) is 0 Å². The second kappa shape index (κ2) is 4.28. The lowest BCUT2D eigenvalue weighted by atomic mass is 10.1. The van der Waals surface area contributed by atoms with Crippen molar-refractivity contribution in [2.75, 3.05) is 6.54 Å². The monoisotopic (exact) mass is 272 g/mol. The Bertz CT molecular complexity index is 408. The number of oxime groups is 1. The Morgan fingerprint density at radius 1 is 1.60 bits per heavy atom. The van der Waals surface area contributed by atoms with Gasteiger partial charge in [0.25, 0.3) is 0 Å². The lowest BCUT2D eigenvalue weighted by Gasteiger charge is -2.04. The van der Waals surface area contributed by atoms with Crippen LogP contribution in [0.1, 0.15) is 12.0 Å². The van der Waals surface area contributed by atoms with Gasteiger partial charge >= 0.3 is 0 Å². The Kier molecular flexibility index (Phi) is 3.02. The zero-order valence-corrected chi connectivity index (χ0v) is 9.50. The number of nitrogens with two attached hydrogens (primary N) is 1. The molecule has 0 saturated heterocycles. The standard InChI is InChI=1S/C10H10BrFN2O/c11-9-2-1-6(12)3-8(9)10-4-7(5-13)15-14-10/h1-3,7H,4-5,13H2. The number of halogens is 2. The average Bonchev–Trinajstić information content (AvgIpc) is 2.70. The first kappa shape index (κ1) is 10.6. The predicted molar refractivity (Wildman–Crippen MR) is 59.2 cm³/mol. The van der Waals surface area contributed by atoms with Crippen molar-refractivity contribution in [3.05, 3.63) is 34.1 Å². The molecular formula is C10H10BrFN2O. The van der Waals surface area contributed by atoms with Gasteiger partial charge in [-0.25, -0.2) is 4.39 Å². The van der Waals surface area contributed by atoms with Crippen LogP contribution in [-0.4, -0.2) is 18.4 Å². The number of benzene rings is 1. The van der Waals surface area contributed by atoms with Crippen LogP contribution in [0.2, 0.25) is 0 Å². The van der Waals surface area contributed by atoms with Crippen molar-refractivity contribution < 1.29 is 9.23 Å². The Morgan fingerprint density at radius 2 is 2.40 bits per heavy atom. The van der Waals surface area contributed by atoms with Gasteiger partial charge in [-0.1, -0.05) is 21.1 Å². The van der Waals surface area contributed by atoms with Crippen LogP contribution in [0.4, 0.5) is 4.39 Å². The molecule has 0 spiro atoms. The van der Waals surface area contributed by atoms with Gasteiger partial charge < -0.3 is 10.6 Å². The molecule has 1 aliphatic heterocycles. The van der Waals surface area contributed by atoms with Crippen molar-refractivity contribution >= 4 is 21.6 Å². The lowest BCUT2D eigenvalue weighted by molar-refractivity contribution is 0.0918. The summed E-state index contributed by atoms with van der Waals surface area (Å²) in [6.07, 6.45) is 0.536. The summed E-state index contributed by atoms with van der Waals surface area (Å²) in [6.45, 7) is 0.417. The van der Waals surface area contributed by atoms with E-state index in [4.69, 9.17) is 10.6 Å². The third kappa shape index (κ3) is 2.18. The maximum Gasteiger partial charge on any atom is 0.145 e. The summed E-state index contributed by atoms with van der Waals surface area (Å²) in [5.74, 6) is -0.285. The van der Waals surface area contributed by atoms with Crippen LogP contribution in [0.25, 0.3) is 0 Å². The van der Waals surface area contributed by atoms with Crippen molar-refractivity contribution in [3.63, 3.8) is 0 Å². The Labute approximate surface area is 95.2 Å². The molecule has 2 rings (SSSR count). The van der Waals surface area contributed by atoms with Gasteiger partial charge in [-0.15, -0.1) is 0 Å². The molecule has 0 bridgehead atoms. The summed E-state index contributed by atoms with van der Waals surface area (Å²) in [7, 11) is 0. The van der Waals surface area contributed by atoms with Crippen molar-refractivity contribution in [2.45, 2.75) is 12.5 Å². The first-order chi connectivity index (χ1) is 7.20. The molecule has 0 aliphatic carbocycles. The summed E-state index contributed by atoms with van der Waals surface area (Å²) in [4.78, 5) is 5.08. The fourth-order valence-electron chi connectivity index (χ4n) is 1.43. The molecule has 0 aromatic heterocycles. The van der Waals surface area contributed by atoms with E-state index in [1.165, 1.54) is 12.1 Å². The van der Waals surface area contributed by atoms with Gasteiger partial charge in [0.05, 0.1) is 5.71 Å². The fraction of sp³-hybridized carbons (Fsp3) is 0.300. The molecular weight excluding hydrogens is 263 g/mol. The SMILES string of the molecule is NCC1CC(c2cc(F)ccc2Br)=NO1. The second-order valence-corrected chi connectivity index (χ2v) is 4.18. The molecule has 0 fully saturated rings. The Morgan fingerprint density at radius 3 is 3.07 bits per heavy atom. The van der Waals surface area contributed by atoms with E-state index in [0.29, 0.717) is 13.0 Å². The first-order valence-corrected chi connectivity index (χ1v) is 5.38. The van der Waals surface area contributed by atoms with Gasteiger partial charge in [0.1, 0.15) is 11.9 Å². The first-order valence-electron chi connectivity index (χ1n) is 4.59. The molecule has 1 aromatic rings. The highest BCUT2D eigenvalue weighted by Gasteiger charge is 2.22. The molecule has 0 radical (unpaired) electrons. The number of hydrogen-bond acceptors (Lipinski definition) is 3. The molecule has 1 aromatic carbocycles. The van der Waals surface area contributed by atoms with Gasteiger partial charge in [0.15, 0.2) is 0 Å². The molecule has 1 aliphatic rings. The maximum absolute atomic E-state index is 13.0. The van der Waals surface area contributed by atoms with E-state index in [0.717, 1.165) is 15.7 Å². The summed E-state index contributed by atoms with van der Waals surface area (Å²) >= 11 is 3.35. The number of rotatable bonds is 2. The highest BCUT2D eigenvalue weighted by Crippen LogP contribution is 2.23. The van der Waals surface area contributed by atoms with Gasteiger partial charge in [-0.2, -0.15) is 0 Å². The minimum absolute atomic E-state index is 0.0878. The van der Waals surface area contributed by atoms with Crippen LogP contribution in [0.15, 0.2) is 27.8 Å². The zero-order valence-electron chi connectivity index (χ0n) is 7.91. The predicted octanol–water partition coefficient (Wildman–Crippen LogP) is 2.04. The minimum atomic E-state index is -0.285. The van der Waals surface area contributed by atoms with E-state index < -0.39 is 0 Å². The zero-order chi connectivity index (χ0) is 10.8. The van der Waals surface area contributed by atoms with E-state index in [1.807, 2.05) is 0 Å². The molecule has 0 amide bonds. The topological polar surface area (TPSA) is 47.6 Å². The van der Waals surface area contributed by atoms with Crippen molar-refractivity contribution in [1.82, 2.24) is 0 Å². The summed E-state index contributed by atoms with van der Waals surface area (Å²) in [5, 5.41) is 3.90. The normalized spacial score (nSPS) is 19.9. The third-order valence-electron chi connectivity index (χ3n) is 2.24. The average molecular weight is 273 g/mol. The van der Waals surface area contributed by atoms with Crippen LogP contribution in [-0.2, 0) is 4.84 Å². The number of hydrogen-bond donors (Lipinski definition) is 1. The lowest BCUT2D eigenvalue weighted by Crippen LogP contribution is -2.20. The smallest absolute Gasteiger partial charge is 0.145 e. The van der Waals surface area contributed by atoms with Crippen LogP contribution in [0.3, 0.4) is 0 Å². The summed E-state index contributed by atoms with van der Waals surface area (Å²) in [5.41, 5.74) is 6.92. The number of nitrogens with zero attached hydrogens (tertiary/aromatic N) is 1. The van der Waals surface area contributed by atoms with Gasteiger partial charge in [0, 0.05) is 23.0 Å². The molecule has 3 nitrogen and oxygen atoms in total. The fourth-order valence-corrected chi connectivity index (χ4v) is 1.91. The minimum Gasteiger partial charge on any atom is -0.390 e. The van der Waals surface area contributed by atoms with E-state index in [-0.39, 0.29) is 11.9 Å². The highest BCUT2D eigenvalue weighted by atomic mass is 79.9. The molecule has 1 heterocycles. The third-order valence-corrected chi connectivity index (χ3v) is 2.93. The molecule has 2 N–H and O–H groups in total. The molecule has 80 valence electrons.